The van der Waals surface area contributed by atoms with Gasteiger partial charge < -0.3 is 15.6 Å². The van der Waals surface area contributed by atoms with Crippen LogP contribution in [0.3, 0.4) is 0 Å². The first kappa shape index (κ1) is 12.2. The topological polar surface area (TPSA) is 72.5 Å². The van der Waals surface area contributed by atoms with Crippen molar-refractivity contribution in [3.05, 3.63) is 34.3 Å². The average molecular weight is 274 g/mol. The molecular weight excluding hydrogens is 262 g/mol. The van der Waals surface area contributed by atoms with Crippen molar-refractivity contribution >= 4 is 21.9 Å². The van der Waals surface area contributed by atoms with Crippen LogP contribution in [0.2, 0.25) is 0 Å². The molecule has 0 saturated carbocycles. The lowest BCUT2D eigenvalue weighted by atomic mass is 10.2. The second kappa shape index (κ2) is 5.85. The van der Waals surface area contributed by atoms with Crippen LogP contribution in [0, 0.1) is 0 Å². The van der Waals surface area contributed by atoms with Gasteiger partial charge in [0, 0.05) is 11.0 Å². The number of esters is 1. The largest absolute Gasteiger partial charge is 0.459 e. The predicted octanol–water partition coefficient (Wildman–Crippen LogP) is 0.812. The number of carbonyl (C=O) groups excluding carboxylic acids is 1. The van der Waals surface area contributed by atoms with Crippen molar-refractivity contribution in [3.8, 4) is 0 Å². The first-order valence-corrected chi connectivity index (χ1v) is 5.22. The number of ether oxygens (including phenoxy) is 1. The van der Waals surface area contributed by atoms with Gasteiger partial charge in [-0.3, -0.25) is 0 Å². The Hall–Kier alpha value is -0.910. The molecule has 0 spiro atoms. The Kier molecular flexibility index (Phi) is 4.74. The molecule has 0 bridgehead atoms. The van der Waals surface area contributed by atoms with E-state index < -0.39 is 12.1 Å². The van der Waals surface area contributed by atoms with Crippen molar-refractivity contribution < 1.29 is 14.6 Å². The zero-order valence-electron chi connectivity index (χ0n) is 8.02. The van der Waals surface area contributed by atoms with E-state index in [-0.39, 0.29) is 13.2 Å². The Balaban J connectivity index is 2.43. The molecule has 0 amide bonds. The van der Waals surface area contributed by atoms with Gasteiger partial charge in [-0.05, 0) is 17.7 Å². The number of aliphatic hydroxyl groups is 1. The first-order valence-electron chi connectivity index (χ1n) is 4.42. The second-order valence-electron chi connectivity index (χ2n) is 2.99. The van der Waals surface area contributed by atoms with Gasteiger partial charge in [0.15, 0.2) is 6.10 Å². The van der Waals surface area contributed by atoms with Crippen LogP contribution in [0.1, 0.15) is 5.56 Å². The third-order valence-corrected chi connectivity index (χ3v) is 2.32. The Morgan fingerprint density at radius 1 is 1.47 bits per heavy atom. The molecular formula is C10H12BrNO3. The SMILES string of the molecule is NCC(O)C(=O)OCc1ccc(Br)cc1. The zero-order valence-corrected chi connectivity index (χ0v) is 9.61. The smallest absolute Gasteiger partial charge is 0.336 e. The maximum atomic E-state index is 11.1. The molecule has 0 heterocycles. The first-order chi connectivity index (χ1) is 7.13. The van der Waals surface area contributed by atoms with Crippen molar-refractivity contribution in [2.75, 3.05) is 6.54 Å². The van der Waals surface area contributed by atoms with E-state index in [4.69, 9.17) is 15.6 Å². The van der Waals surface area contributed by atoms with Crippen LogP contribution in [-0.4, -0.2) is 23.7 Å². The molecule has 15 heavy (non-hydrogen) atoms. The van der Waals surface area contributed by atoms with Gasteiger partial charge in [-0.25, -0.2) is 4.79 Å². The summed E-state index contributed by atoms with van der Waals surface area (Å²) in [5.74, 6) is -0.694. The maximum absolute atomic E-state index is 11.1. The molecule has 0 aromatic heterocycles. The third-order valence-electron chi connectivity index (χ3n) is 1.79. The summed E-state index contributed by atoms with van der Waals surface area (Å²) in [4.78, 5) is 11.1. The van der Waals surface area contributed by atoms with Gasteiger partial charge in [-0.15, -0.1) is 0 Å². The van der Waals surface area contributed by atoms with Gasteiger partial charge in [0.25, 0.3) is 0 Å². The van der Waals surface area contributed by atoms with Crippen LogP contribution in [0.4, 0.5) is 0 Å². The van der Waals surface area contributed by atoms with Gasteiger partial charge in [-0.2, -0.15) is 0 Å². The van der Waals surface area contributed by atoms with Crippen LogP contribution >= 0.6 is 15.9 Å². The second-order valence-corrected chi connectivity index (χ2v) is 3.90. The molecule has 1 aromatic rings. The van der Waals surface area contributed by atoms with Crippen molar-refractivity contribution in [2.45, 2.75) is 12.7 Å². The van der Waals surface area contributed by atoms with Gasteiger partial charge in [0.05, 0.1) is 0 Å². The highest BCUT2D eigenvalue weighted by Gasteiger charge is 2.13. The highest BCUT2D eigenvalue weighted by Crippen LogP contribution is 2.11. The van der Waals surface area contributed by atoms with Crippen LogP contribution in [-0.2, 0) is 16.1 Å². The zero-order chi connectivity index (χ0) is 11.3. The summed E-state index contributed by atoms with van der Waals surface area (Å²) in [6.45, 7) is 0.0162. The van der Waals surface area contributed by atoms with Crippen LogP contribution in [0.5, 0.6) is 0 Å². The van der Waals surface area contributed by atoms with Gasteiger partial charge in [0.1, 0.15) is 6.61 Å². The molecule has 0 aliphatic rings. The number of carbonyl (C=O) groups is 1. The molecule has 82 valence electrons. The molecule has 1 aromatic carbocycles. The number of halogens is 1. The number of hydrogen-bond acceptors (Lipinski definition) is 4. The quantitative estimate of drug-likeness (QED) is 0.797. The van der Waals surface area contributed by atoms with Gasteiger partial charge in [0.2, 0.25) is 0 Å². The van der Waals surface area contributed by atoms with E-state index in [0.29, 0.717) is 0 Å². The summed E-state index contributed by atoms with van der Waals surface area (Å²) >= 11 is 3.30. The van der Waals surface area contributed by atoms with Gasteiger partial charge >= 0.3 is 5.97 Å². The third kappa shape index (κ3) is 3.99. The normalized spacial score (nSPS) is 12.2. The van der Waals surface area contributed by atoms with Crippen LogP contribution in [0.15, 0.2) is 28.7 Å². The van der Waals surface area contributed by atoms with Crippen LogP contribution < -0.4 is 5.73 Å². The number of hydrogen-bond donors (Lipinski definition) is 2. The Morgan fingerprint density at radius 3 is 2.60 bits per heavy atom. The van der Waals surface area contributed by atoms with E-state index in [1.165, 1.54) is 0 Å². The Labute approximate surface area is 96.2 Å². The fourth-order valence-corrected chi connectivity index (χ4v) is 1.19. The molecule has 4 nitrogen and oxygen atoms in total. The number of nitrogens with two attached hydrogens (primary N) is 1. The highest BCUT2D eigenvalue weighted by atomic mass is 79.9. The Bertz CT molecular complexity index is 326. The van der Waals surface area contributed by atoms with E-state index in [0.717, 1.165) is 10.0 Å². The van der Waals surface area contributed by atoms with E-state index in [2.05, 4.69) is 15.9 Å². The molecule has 0 fully saturated rings. The molecule has 1 atom stereocenters. The molecule has 0 radical (unpaired) electrons. The maximum Gasteiger partial charge on any atom is 0.336 e. The fourth-order valence-electron chi connectivity index (χ4n) is 0.928. The van der Waals surface area contributed by atoms with Gasteiger partial charge in [-0.1, -0.05) is 28.1 Å². The molecule has 5 heteroatoms. The molecule has 0 aliphatic heterocycles. The molecule has 1 rings (SSSR count). The summed E-state index contributed by atoms with van der Waals surface area (Å²) in [5, 5.41) is 9.04. The summed E-state index contributed by atoms with van der Waals surface area (Å²) in [5.41, 5.74) is 5.96. The summed E-state index contributed by atoms with van der Waals surface area (Å²) in [6, 6.07) is 7.35. The van der Waals surface area contributed by atoms with Crippen molar-refractivity contribution in [1.29, 1.82) is 0 Å². The Morgan fingerprint density at radius 2 is 2.07 bits per heavy atom. The summed E-state index contributed by atoms with van der Waals surface area (Å²) in [7, 11) is 0. The number of aliphatic hydroxyl groups excluding tert-OH is 1. The highest BCUT2D eigenvalue weighted by molar-refractivity contribution is 9.10. The average Bonchev–Trinajstić information content (AvgIpc) is 2.26. The minimum absolute atomic E-state index is 0.126. The summed E-state index contributed by atoms with van der Waals surface area (Å²) < 4.78 is 5.79. The lowest BCUT2D eigenvalue weighted by molar-refractivity contribution is -0.154. The standard InChI is InChI=1S/C10H12BrNO3/c11-8-3-1-7(2-4-8)6-15-10(14)9(13)5-12/h1-4,9,13H,5-6,12H2. The van der Waals surface area contributed by atoms with E-state index >= 15 is 0 Å². The van der Waals surface area contributed by atoms with E-state index in [1.54, 1.807) is 0 Å². The lowest BCUT2D eigenvalue weighted by Crippen LogP contribution is -2.30. The van der Waals surface area contributed by atoms with Crippen molar-refractivity contribution in [1.82, 2.24) is 0 Å². The van der Waals surface area contributed by atoms with Crippen molar-refractivity contribution in [2.24, 2.45) is 5.73 Å². The monoisotopic (exact) mass is 273 g/mol. The lowest BCUT2D eigenvalue weighted by Gasteiger charge is -2.08. The molecule has 3 N–H and O–H groups in total. The van der Waals surface area contributed by atoms with E-state index in [9.17, 15) is 4.79 Å². The minimum Gasteiger partial charge on any atom is -0.459 e. The molecule has 0 aliphatic carbocycles. The van der Waals surface area contributed by atoms with Crippen molar-refractivity contribution in [3.63, 3.8) is 0 Å². The van der Waals surface area contributed by atoms with E-state index in [1.807, 2.05) is 24.3 Å². The minimum atomic E-state index is -1.24. The van der Waals surface area contributed by atoms with Crippen LogP contribution in [0.25, 0.3) is 0 Å². The number of benzene rings is 1. The predicted molar refractivity (Wildman–Crippen MR) is 59.0 cm³/mol. The number of rotatable bonds is 4. The fraction of sp³-hybridized carbons (Fsp3) is 0.300. The summed E-state index contributed by atoms with van der Waals surface area (Å²) in [6.07, 6.45) is -1.24. The molecule has 1 unspecified atom stereocenters. The molecule has 0 saturated heterocycles.